The minimum Gasteiger partial charge on any atom is -0.506 e. The summed E-state index contributed by atoms with van der Waals surface area (Å²) in [6, 6.07) is 12.3. The number of nitrogens with one attached hydrogen (secondary N) is 1. The van der Waals surface area contributed by atoms with Crippen molar-refractivity contribution in [2.75, 3.05) is 5.32 Å². The lowest BCUT2D eigenvalue weighted by atomic mass is 10.0. The number of fused-ring (bicyclic) bond motifs is 1. The van der Waals surface area contributed by atoms with E-state index in [0.717, 1.165) is 5.56 Å². The first-order valence-corrected chi connectivity index (χ1v) is 8.23. The van der Waals surface area contributed by atoms with Crippen LogP contribution in [0.5, 0.6) is 5.75 Å². The number of carbonyl (C=O) groups excluding carboxylic acids is 1. The summed E-state index contributed by atoms with van der Waals surface area (Å²) in [5.74, 6) is -1.07. The van der Waals surface area contributed by atoms with Crippen molar-refractivity contribution in [3.05, 3.63) is 69.0 Å². The Balaban J connectivity index is 2.23. The molecule has 1 amide bonds. The molecule has 0 aliphatic rings. The molecule has 25 heavy (non-hydrogen) atoms. The van der Waals surface area contributed by atoms with Gasteiger partial charge in [0.05, 0.1) is 15.9 Å². The molecule has 0 unspecified atom stereocenters. The molecule has 0 atom stereocenters. The largest absolute Gasteiger partial charge is 0.506 e. The number of aromatic nitrogens is 1. The van der Waals surface area contributed by atoms with Gasteiger partial charge in [-0.1, -0.05) is 42.8 Å². The van der Waals surface area contributed by atoms with Gasteiger partial charge in [0.15, 0.2) is 0 Å². The number of benzene rings is 2. The number of halogens is 1. The van der Waals surface area contributed by atoms with Crippen LogP contribution in [-0.4, -0.2) is 15.6 Å². The van der Waals surface area contributed by atoms with Crippen LogP contribution in [0.25, 0.3) is 10.9 Å². The molecule has 0 spiro atoms. The number of rotatable bonds is 3. The Bertz CT molecular complexity index is 1030. The lowest BCUT2D eigenvalue weighted by molar-refractivity contribution is 0.102. The molecule has 3 aromatic rings. The molecule has 2 aromatic carbocycles. The van der Waals surface area contributed by atoms with Gasteiger partial charge in [0.1, 0.15) is 11.3 Å². The van der Waals surface area contributed by atoms with Gasteiger partial charge in [0, 0.05) is 12.7 Å². The predicted molar refractivity (Wildman–Crippen MR) is 99.6 cm³/mol. The Kier molecular flexibility index (Phi) is 4.51. The predicted octanol–water partition coefficient (Wildman–Crippen LogP) is 3.71. The summed E-state index contributed by atoms with van der Waals surface area (Å²) in [6.07, 6.45) is 0.669. The molecule has 0 radical (unpaired) electrons. The van der Waals surface area contributed by atoms with Crippen molar-refractivity contribution in [2.45, 2.75) is 13.3 Å². The van der Waals surface area contributed by atoms with E-state index in [0.29, 0.717) is 28.0 Å². The normalized spacial score (nSPS) is 10.8. The number of aromatic hydroxyl groups is 1. The topological polar surface area (TPSA) is 71.3 Å². The summed E-state index contributed by atoms with van der Waals surface area (Å²) in [4.78, 5) is 25.2. The molecule has 0 saturated heterocycles. The maximum Gasteiger partial charge on any atom is 0.267 e. The van der Waals surface area contributed by atoms with E-state index in [1.165, 1.54) is 4.57 Å². The molecule has 6 heteroatoms. The van der Waals surface area contributed by atoms with Crippen molar-refractivity contribution >= 4 is 34.1 Å². The smallest absolute Gasteiger partial charge is 0.267 e. The van der Waals surface area contributed by atoms with Gasteiger partial charge in [-0.15, -0.1) is 0 Å². The van der Waals surface area contributed by atoms with Gasteiger partial charge in [0.2, 0.25) is 0 Å². The average molecular weight is 357 g/mol. The zero-order chi connectivity index (χ0) is 18.1. The van der Waals surface area contributed by atoms with Crippen molar-refractivity contribution in [1.82, 2.24) is 4.57 Å². The van der Waals surface area contributed by atoms with Gasteiger partial charge >= 0.3 is 0 Å². The van der Waals surface area contributed by atoms with E-state index in [1.807, 2.05) is 19.1 Å². The third kappa shape index (κ3) is 2.87. The van der Waals surface area contributed by atoms with Crippen molar-refractivity contribution in [1.29, 1.82) is 0 Å². The molecule has 128 valence electrons. The number of hydrogen-bond acceptors (Lipinski definition) is 3. The van der Waals surface area contributed by atoms with Crippen LogP contribution in [0.1, 0.15) is 22.8 Å². The average Bonchev–Trinajstić information content (AvgIpc) is 2.60. The van der Waals surface area contributed by atoms with E-state index in [4.69, 9.17) is 11.6 Å². The van der Waals surface area contributed by atoms with Crippen LogP contribution in [-0.2, 0) is 13.5 Å². The van der Waals surface area contributed by atoms with Crippen molar-refractivity contribution in [3.63, 3.8) is 0 Å². The fraction of sp³-hybridized carbons (Fsp3) is 0.158. The standard InChI is InChI=1S/C19H17ClN2O3/c1-3-11-9-10-13-14(16(11)20)17(23)15(19(25)22(13)2)18(24)21-12-7-5-4-6-8-12/h4-10,23H,3H2,1-2H3,(H,21,24). The number of para-hydroxylation sites is 1. The summed E-state index contributed by atoms with van der Waals surface area (Å²) < 4.78 is 1.32. The number of nitrogens with zero attached hydrogens (tertiary/aromatic N) is 1. The highest BCUT2D eigenvalue weighted by Crippen LogP contribution is 2.35. The maximum atomic E-state index is 12.6. The summed E-state index contributed by atoms with van der Waals surface area (Å²) in [7, 11) is 1.55. The molecule has 0 aliphatic carbocycles. The quantitative estimate of drug-likeness (QED) is 0.751. The van der Waals surface area contributed by atoms with E-state index < -0.39 is 17.2 Å². The van der Waals surface area contributed by atoms with Crippen LogP contribution >= 0.6 is 11.6 Å². The number of hydrogen-bond donors (Lipinski definition) is 2. The molecular formula is C19H17ClN2O3. The van der Waals surface area contributed by atoms with E-state index in [1.54, 1.807) is 37.4 Å². The number of pyridine rings is 1. The maximum absolute atomic E-state index is 12.6. The Labute approximate surface area is 149 Å². The minimum absolute atomic E-state index is 0.307. The van der Waals surface area contributed by atoms with Crippen LogP contribution in [0, 0.1) is 0 Å². The Morgan fingerprint density at radius 3 is 2.52 bits per heavy atom. The van der Waals surface area contributed by atoms with E-state index in [-0.39, 0.29) is 5.56 Å². The van der Waals surface area contributed by atoms with Crippen molar-refractivity contribution in [2.24, 2.45) is 7.05 Å². The van der Waals surface area contributed by atoms with Crippen molar-refractivity contribution in [3.8, 4) is 5.75 Å². The highest BCUT2D eigenvalue weighted by atomic mass is 35.5. The summed E-state index contributed by atoms with van der Waals surface area (Å²) in [5, 5.41) is 13.9. The number of anilines is 1. The highest BCUT2D eigenvalue weighted by Gasteiger charge is 2.23. The number of amides is 1. The van der Waals surface area contributed by atoms with Gasteiger partial charge in [-0.2, -0.15) is 0 Å². The second-order valence-electron chi connectivity index (χ2n) is 5.69. The van der Waals surface area contributed by atoms with Gasteiger partial charge in [0.25, 0.3) is 11.5 Å². The molecule has 0 bridgehead atoms. The van der Waals surface area contributed by atoms with Gasteiger partial charge in [-0.25, -0.2) is 0 Å². The molecular weight excluding hydrogens is 340 g/mol. The first-order chi connectivity index (χ1) is 12.0. The zero-order valence-electron chi connectivity index (χ0n) is 13.8. The Morgan fingerprint density at radius 1 is 1.20 bits per heavy atom. The molecule has 0 aliphatic heterocycles. The molecule has 0 fully saturated rings. The van der Waals surface area contributed by atoms with Crippen LogP contribution < -0.4 is 10.9 Å². The third-order valence-electron chi connectivity index (χ3n) is 4.19. The monoisotopic (exact) mass is 356 g/mol. The fourth-order valence-corrected chi connectivity index (χ4v) is 3.19. The summed E-state index contributed by atoms with van der Waals surface area (Å²) in [6.45, 7) is 1.94. The number of aryl methyl sites for hydroxylation is 2. The Hall–Kier alpha value is -2.79. The fourth-order valence-electron chi connectivity index (χ4n) is 2.81. The van der Waals surface area contributed by atoms with Crippen LogP contribution in [0.4, 0.5) is 5.69 Å². The van der Waals surface area contributed by atoms with Crippen LogP contribution in [0.2, 0.25) is 5.02 Å². The SMILES string of the molecule is CCc1ccc2c(c(O)c(C(=O)Nc3ccccc3)c(=O)n2C)c1Cl. The Morgan fingerprint density at radius 2 is 1.88 bits per heavy atom. The zero-order valence-corrected chi connectivity index (χ0v) is 14.6. The molecule has 2 N–H and O–H groups in total. The lowest BCUT2D eigenvalue weighted by Crippen LogP contribution is -2.28. The van der Waals surface area contributed by atoms with Crippen molar-refractivity contribution < 1.29 is 9.90 Å². The number of carbonyl (C=O) groups is 1. The first-order valence-electron chi connectivity index (χ1n) is 7.85. The molecule has 5 nitrogen and oxygen atoms in total. The molecule has 1 aromatic heterocycles. The van der Waals surface area contributed by atoms with E-state index in [2.05, 4.69) is 5.32 Å². The van der Waals surface area contributed by atoms with Crippen LogP contribution in [0.15, 0.2) is 47.3 Å². The van der Waals surface area contributed by atoms with Gasteiger partial charge < -0.3 is 15.0 Å². The van der Waals surface area contributed by atoms with Gasteiger partial charge in [-0.05, 0) is 30.2 Å². The lowest BCUT2D eigenvalue weighted by Gasteiger charge is -2.14. The minimum atomic E-state index is -0.677. The second-order valence-corrected chi connectivity index (χ2v) is 6.07. The molecule has 0 saturated carbocycles. The highest BCUT2D eigenvalue weighted by molar-refractivity contribution is 6.37. The summed E-state index contributed by atoms with van der Waals surface area (Å²) >= 11 is 6.40. The van der Waals surface area contributed by atoms with Crippen LogP contribution in [0.3, 0.4) is 0 Å². The van der Waals surface area contributed by atoms with Gasteiger partial charge in [-0.3, -0.25) is 9.59 Å². The molecule has 3 rings (SSSR count). The van der Waals surface area contributed by atoms with E-state index in [9.17, 15) is 14.7 Å². The van der Waals surface area contributed by atoms with E-state index >= 15 is 0 Å². The molecule has 1 heterocycles. The third-order valence-corrected chi connectivity index (χ3v) is 4.62. The summed E-state index contributed by atoms with van der Waals surface area (Å²) in [5.41, 5.74) is 0.925. The second kappa shape index (κ2) is 6.61. The first kappa shape index (κ1) is 17.0.